The third-order valence-corrected chi connectivity index (χ3v) is 2.85. The van der Waals surface area contributed by atoms with Crippen molar-refractivity contribution in [2.45, 2.75) is 6.92 Å². The fourth-order valence-electron chi connectivity index (χ4n) is 1.78. The Morgan fingerprint density at radius 3 is 2.65 bits per heavy atom. The van der Waals surface area contributed by atoms with Gasteiger partial charge in [-0.05, 0) is 30.7 Å². The van der Waals surface area contributed by atoms with Crippen molar-refractivity contribution >= 4 is 11.6 Å². The topological polar surface area (TPSA) is 38.3 Å². The molecule has 5 heteroatoms. The molecule has 0 heterocycles. The summed E-state index contributed by atoms with van der Waals surface area (Å²) in [7, 11) is 1.36. The van der Waals surface area contributed by atoms with Crippen LogP contribution in [0.3, 0.4) is 0 Å². The lowest BCUT2D eigenvalue weighted by atomic mass is 10.1. The molecular formula is C15H13F2NO2. The number of anilines is 1. The van der Waals surface area contributed by atoms with Crippen LogP contribution >= 0.6 is 0 Å². The molecule has 104 valence electrons. The first kappa shape index (κ1) is 14.0. The molecule has 2 aromatic carbocycles. The number of carbonyl (C=O) groups excluding carboxylic acids is 1. The molecule has 0 bridgehead atoms. The molecule has 0 atom stereocenters. The smallest absolute Gasteiger partial charge is 0.258 e. The van der Waals surface area contributed by atoms with E-state index in [2.05, 4.69) is 5.32 Å². The molecule has 0 aromatic heterocycles. The number of aryl methyl sites for hydroxylation is 1. The molecule has 0 unspecified atom stereocenters. The summed E-state index contributed by atoms with van der Waals surface area (Å²) in [6.07, 6.45) is 0. The molecule has 0 saturated heterocycles. The standard InChI is InChI=1S/C15H13F2NO2/c1-9-4-3-5-11(14(9)17)15(19)18-12-7-6-10(16)8-13(12)20-2/h3-8H,1-2H3,(H,18,19). The van der Waals surface area contributed by atoms with Crippen LogP contribution in [-0.2, 0) is 0 Å². The van der Waals surface area contributed by atoms with Gasteiger partial charge in [-0.1, -0.05) is 12.1 Å². The van der Waals surface area contributed by atoms with E-state index in [1.54, 1.807) is 19.1 Å². The fraction of sp³-hybridized carbons (Fsp3) is 0.133. The van der Waals surface area contributed by atoms with Crippen LogP contribution in [0.4, 0.5) is 14.5 Å². The molecule has 0 spiro atoms. The van der Waals surface area contributed by atoms with Crippen molar-refractivity contribution in [3.05, 3.63) is 59.2 Å². The Labute approximate surface area is 115 Å². The predicted molar refractivity (Wildman–Crippen MR) is 72.0 cm³/mol. The minimum absolute atomic E-state index is 0.0728. The maximum Gasteiger partial charge on any atom is 0.258 e. The van der Waals surface area contributed by atoms with E-state index in [0.29, 0.717) is 5.56 Å². The minimum atomic E-state index is -0.615. The number of halogens is 2. The van der Waals surface area contributed by atoms with Gasteiger partial charge in [0.1, 0.15) is 17.4 Å². The quantitative estimate of drug-likeness (QED) is 0.932. The van der Waals surface area contributed by atoms with Crippen LogP contribution in [0, 0.1) is 18.6 Å². The van der Waals surface area contributed by atoms with Crippen molar-refractivity contribution < 1.29 is 18.3 Å². The average molecular weight is 277 g/mol. The summed E-state index contributed by atoms with van der Waals surface area (Å²) in [5.74, 6) is -1.50. The SMILES string of the molecule is COc1cc(F)ccc1NC(=O)c1cccc(C)c1F. The molecule has 0 saturated carbocycles. The molecule has 0 aliphatic rings. The van der Waals surface area contributed by atoms with Crippen molar-refractivity contribution in [2.24, 2.45) is 0 Å². The van der Waals surface area contributed by atoms with Gasteiger partial charge in [0.25, 0.3) is 5.91 Å². The molecule has 0 aliphatic heterocycles. The number of amides is 1. The lowest BCUT2D eigenvalue weighted by molar-refractivity contribution is 0.102. The summed E-state index contributed by atoms with van der Waals surface area (Å²) in [6.45, 7) is 1.57. The van der Waals surface area contributed by atoms with Gasteiger partial charge in [-0.3, -0.25) is 4.79 Å². The van der Waals surface area contributed by atoms with Gasteiger partial charge in [-0.2, -0.15) is 0 Å². The van der Waals surface area contributed by atoms with E-state index >= 15 is 0 Å². The first-order valence-electron chi connectivity index (χ1n) is 5.93. The maximum atomic E-state index is 13.8. The molecule has 0 aliphatic carbocycles. The van der Waals surface area contributed by atoms with Crippen LogP contribution in [0.5, 0.6) is 5.75 Å². The second-order valence-electron chi connectivity index (χ2n) is 4.24. The first-order valence-corrected chi connectivity index (χ1v) is 5.93. The number of rotatable bonds is 3. The van der Waals surface area contributed by atoms with E-state index in [0.717, 1.165) is 6.07 Å². The highest BCUT2D eigenvalue weighted by molar-refractivity contribution is 6.05. The highest BCUT2D eigenvalue weighted by Crippen LogP contribution is 2.26. The summed E-state index contributed by atoms with van der Waals surface area (Å²) < 4.78 is 31.9. The molecule has 2 rings (SSSR count). The number of hydrogen-bond acceptors (Lipinski definition) is 2. The maximum absolute atomic E-state index is 13.8. The van der Waals surface area contributed by atoms with Crippen molar-refractivity contribution in [3.63, 3.8) is 0 Å². The third kappa shape index (κ3) is 2.77. The first-order chi connectivity index (χ1) is 9.52. The number of methoxy groups -OCH3 is 1. The zero-order chi connectivity index (χ0) is 14.7. The van der Waals surface area contributed by atoms with E-state index < -0.39 is 17.5 Å². The van der Waals surface area contributed by atoms with E-state index in [1.165, 1.54) is 25.3 Å². The average Bonchev–Trinajstić information content (AvgIpc) is 2.43. The number of carbonyl (C=O) groups is 1. The summed E-state index contributed by atoms with van der Waals surface area (Å²) in [5, 5.41) is 2.50. The lowest BCUT2D eigenvalue weighted by Gasteiger charge is -2.11. The zero-order valence-corrected chi connectivity index (χ0v) is 11.0. The largest absolute Gasteiger partial charge is 0.494 e. The van der Waals surface area contributed by atoms with Crippen molar-refractivity contribution in [1.29, 1.82) is 0 Å². The lowest BCUT2D eigenvalue weighted by Crippen LogP contribution is -2.15. The molecule has 20 heavy (non-hydrogen) atoms. The summed E-state index contributed by atoms with van der Waals surface area (Å²) in [5.41, 5.74) is 0.583. The van der Waals surface area contributed by atoms with E-state index in [-0.39, 0.29) is 17.0 Å². The van der Waals surface area contributed by atoms with Gasteiger partial charge in [-0.25, -0.2) is 8.78 Å². The predicted octanol–water partition coefficient (Wildman–Crippen LogP) is 3.53. The summed E-state index contributed by atoms with van der Waals surface area (Å²) in [4.78, 5) is 12.0. The highest BCUT2D eigenvalue weighted by atomic mass is 19.1. The molecule has 3 nitrogen and oxygen atoms in total. The van der Waals surface area contributed by atoms with E-state index in [4.69, 9.17) is 4.74 Å². The van der Waals surface area contributed by atoms with Crippen molar-refractivity contribution in [3.8, 4) is 5.75 Å². The van der Waals surface area contributed by atoms with Gasteiger partial charge < -0.3 is 10.1 Å². The molecule has 2 aromatic rings. The molecule has 0 radical (unpaired) electrons. The number of ether oxygens (including phenoxy) is 1. The van der Waals surface area contributed by atoms with Gasteiger partial charge in [0.15, 0.2) is 0 Å². The Morgan fingerprint density at radius 2 is 1.95 bits per heavy atom. The van der Waals surface area contributed by atoms with Crippen molar-refractivity contribution in [1.82, 2.24) is 0 Å². The Balaban J connectivity index is 2.30. The zero-order valence-electron chi connectivity index (χ0n) is 11.0. The highest BCUT2D eigenvalue weighted by Gasteiger charge is 2.15. The summed E-state index contributed by atoms with van der Waals surface area (Å²) in [6, 6.07) is 8.24. The van der Waals surface area contributed by atoms with Gasteiger partial charge in [0, 0.05) is 6.07 Å². The van der Waals surface area contributed by atoms with Crippen LogP contribution in [0.15, 0.2) is 36.4 Å². The van der Waals surface area contributed by atoms with Crippen LogP contribution in [0.1, 0.15) is 15.9 Å². The van der Waals surface area contributed by atoms with Gasteiger partial charge in [-0.15, -0.1) is 0 Å². The number of hydrogen-bond donors (Lipinski definition) is 1. The van der Waals surface area contributed by atoms with Gasteiger partial charge in [0.2, 0.25) is 0 Å². The monoisotopic (exact) mass is 277 g/mol. The minimum Gasteiger partial charge on any atom is -0.494 e. The molecule has 0 fully saturated rings. The normalized spacial score (nSPS) is 10.2. The van der Waals surface area contributed by atoms with Crippen LogP contribution < -0.4 is 10.1 Å². The fourth-order valence-corrected chi connectivity index (χ4v) is 1.78. The van der Waals surface area contributed by atoms with Crippen LogP contribution in [0.2, 0.25) is 0 Å². The Hall–Kier alpha value is -2.43. The molecule has 1 amide bonds. The van der Waals surface area contributed by atoms with Gasteiger partial charge in [0.05, 0.1) is 18.4 Å². The van der Waals surface area contributed by atoms with E-state index in [1.807, 2.05) is 0 Å². The number of benzene rings is 2. The number of nitrogens with one attached hydrogen (secondary N) is 1. The van der Waals surface area contributed by atoms with E-state index in [9.17, 15) is 13.6 Å². The second kappa shape index (κ2) is 5.69. The molecular weight excluding hydrogens is 264 g/mol. The summed E-state index contributed by atoms with van der Waals surface area (Å²) >= 11 is 0. The van der Waals surface area contributed by atoms with Gasteiger partial charge >= 0.3 is 0 Å². The van der Waals surface area contributed by atoms with Crippen LogP contribution in [-0.4, -0.2) is 13.0 Å². The Bertz CT molecular complexity index is 656. The Kier molecular flexibility index (Phi) is 3.98. The second-order valence-corrected chi connectivity index (χ2v) is 4.24. The third-order valence-electron chi connectivity index (χ3n) is 2.85. The van der Waals surface area contributed by atoms with Crippen molar-refractivity contribution in [2.75, 3.05) is 12.4 Å². The Morgan fingerprint density at radius 1 is 1.20 bits per heavy atom. The van der Waals surface area contributed by atoms with Crippen LogP contribution in [0.25, 0.3) is 0 Å². The molecule has 1 N–H and O–H groups in total.